The highest BCUT2D eigenvalue weighted by Crippen LogP contribution is 2.26. The fraction of sp³-hybridized carbons (Fsp3) is 0.409. The zero-order valence-corrected chi connectivity index (χ0v) is 18.2. The number of aryl methyl sites for hydroxylation is 1. The van der Waals surface area contributed by atoms with Crippen molar-refractivity contribution < 1.29 is 17.6 Å². The summed E-state index contributed by atoms with van der Waals surface area (Å²) in [6.07, 6.45) is 3.01. The van der Waals surface area contributed by atoms with Crippen molar-refractivity contribution >= 4 is 27.3 Å². The van der Waals surface area contributed by atoms with Gasteiger partial charge >= 0.3 is 0 Å². The van der Waals surface area contributed by atoms with Crippen molar-refractivity contribution in [2.24, 2.45) is 0 Å². The first-order valence-corrected chi connectivity index (χ1v) is 11.6. The molecule has 6 nitrogen and oxygen atoms in total. The van der Waals surface area contributed by atoms with E-state index in [9.17, 15) is 17.6 Å². The second-order valence-electron chi connectivity index (χ2n) is 7.63. The third-order valence-electron chi connectivity index (χ3n) is 5.33. The summed E-state index contributed by atoms with van der Waals surface area (Å²) in [7, 11) is -2.25. The summed E-state index contributed by atoms with van der Waals surface area (Å²) >= 11 is 0. The number of benzene rings is 2. The molecule has 2 aromatic carbocycles. The van der Waals surface area contributed by atoms with Gasteiger partial charge in [0.1, 0.15) is 5.82 Å². The van der Waals surface area contributed by atoms with Gasteiger partial charge in [0.2, 0.25) is 15.9 Å². The number of amides is 1. The van der Waals surface area contributed by atoms with E-state index in [4.69, 9.17) is 0 Å². The quantitative estimate of drug-likeness (QED) is 0.688. The van der Waals surface area contributed by atoms with Gasteiger partial charge in [-0.2, -0.15) is 0 Å². The van der Waals surface area contributed by atoms with Crippen molar-refractivity contribution in [2.75, 3.05) is 36.9 Å². The topological polar surface area (TPSA) is 69.7 Å². The summed E-state index contributed by atoms with van der Waals surface area (Å²) in [6, 6.07) is 10.6. The molecule has 1 N–H and O–H groups in total. The van der Waals surface area contributed by atoms with Crippen LogP contribution in [0.25, 0.3) is 0 Å². The first-order chi connectivity index (χ1) is 14.3. The largest absolute Gasteiger partial charge is 0.371 e. The number of anilines is 2. The minimum Gasteiger partial charge on any atom is -0.371 e. The van der Waals surface area contributed by atoms with Crippen LogP contribution in [0.3, 0.4) is 0 Å². The minimum absolute atomic E-state index is 0.0319. The Bertz CT molecular complexity index is 987. The lowest BCUT2D eigenvalue weighted by molar-refractivity contribution is -0.116. The number of hydrogen-bond donors (Lipinski definition) is 1. The van der Waals surface area contributed by atoms with Gasteiger partial charge in [0, 0.05) is 44.5 Å². The van der Waals surface area contributed by atoms with Crippen LogP contribution in [0.2, 0.25) is 0 Å². The Labute approximate surface area is 177 Å². The maximum absolute atomic E-state index is 13.0. The van der Waals surface area contributed by atoms with E-state index in [0.29, 0.717) is 6.42 Å². The molecular weight excluding hydrogens is 405 g/mol. The maximum atomic E-state index is 13.0. The van der Waals surface area contributed by atoms with Crippen LogP contribution >= 0.6 is 0 Å². The van der Waals surface area contributed by atoms with Crippen LogP contribution in [0.5, 0.6) is 0 Å². The van der Waals surface area contributed by atoms with Gasteiger partial charge in [-0.15, -0.1) is 0 Å². The molecule has 0 unspecified atom stereocenters. The van der Waals surface area contributed by atoms with Crippen LogP contribution in [0.15, 0.2) is 47.4 Å². The van der Waals surface area contributed by atoms with E-state index in [1.54, 1.807) is 0 Å². The maximum Gasteiger partial charge on any atom is 0.242 e. The van der Waals surface area contributed by atoms with E-state index >= 15 is 0 Å². The molecule has 1 saturated heterocycles. The predicted octanol–water partition coefficient (Wildman–Crippen LogP) is 3.77. The number of hydrogen-bond acceptors (Lipinski definition) is 4. The monoisotopic (exact) mass is 433 g/mol. The number of nitrogens with one attached hydrogen (secondary N) is 1. The van der Waals surface area contributed by atoms with E-state index in [1.807, 2.05) is 25.1 Å². The molecule has 1 amide bonds. The van der Waals surface area contributed by atoms with Crippen LogP contribution < -0.4 is 10.2 Å². The van der Waals surface area contributed by atoms with E-state index in [2.05, 4.69) is 10.2 Å². The lowest BCUT2D eigenvalue weighted by Gasteiger charge is -2.21. The van der Waals surface area contributed by atoms with Crippen molar-refractivity contribution in [3.05, 3.63) is 53.8 Å². The molecule has 0 radical (unpaired) electrons. The smallest absolute Gasteiger partial charge is 0.242 e. The summed E-state index contributed by atoms with van der Waals surface area (Å²) in [5.41, 5.74) is 3.07. The molecular formula is C22H28FN3O3S. The van der Waals surface area contributed by atoms with E-state index in [1.165, 1.54) is 42.0 Å². The second-order valence-corrected chi connectivity index (χ2v) is 9.67. The number of sulfonamides is 1. The molecule has 1 fully saturated rings. The molecule has 8 heteroatoms. The number of nitrogens with zero attached hydrogens (tertiary/aromatic N) is 2. The third-order valence-corrected chi connectivity index (χ3v) is 7.20. The Morgan fingerprint density at radius 2 is 1.80 bits per heavy atom. The van der Waals surface area contributed by atoms with Gasteiger partial charge in [-0.05, 0) is 74.2 Å². The number of rotatable bonds is 8. The molecule has 0 aliphatic carbocycles. The molecule has 0 spiro atoms. The van der Waals surface area contributed by atoms with Crippen molar-refractivity contribution in [3.63, 3.8) is 0 Å². The molecule has 0 atom stereocenters. The lowest BCUT2D eigenvalue weighted by atomic mass is 10.1. The molecule has 0 bridgehead atoms. The van der Waals surface area contributed by atoms with Crippen LogP contribution in [-0.2, 0) is 14.8 Å². The van der Waals surface area contributed by atoms with Crippen molar-refractivity contribution in [1.82, 2.24) is 4.31 Å². The Kier molecular flexibility index (Phi) is 7.10. The number of carbonyl (C=O) groups excluding carboxylic acids is 1. The molecule has 162 valence electrons. The van der Waals surface area contributed by atoms with E-state index < -0.39 is 15.8 Å². The summed E-state index contributed by atoms with van der Waals surface area (Å²) in [4.78, 5) is 14.7. The molecule has 0 saturated carbocycles. The van der Waals surface area contributed by atoms with Crippen LogP contribution in [0.4, 0.5) is 15.8 Å². The Hall–Kier alpha value is -2.45. The first kappa shape index (κ1) is 22.2. The van der Waals surface area contributed by atoms with E-state index in [0.717, 1.165) is 36.5 Å². The molecule has 30 heavy (non-hydrogen) atoms. The average Bonchev–Trinajstić information content (AvgIpc) is 3.22. The molecule has 2 aromatic rings. The zero-order chi connectivity index (χ0) is 21.7. The van der Waals surface area contributed by atoms with Gasteiger partial charge in [-0.3, -0.25) is 4.79 Å². The number of carbonyl (C=O) groups is 1. The molecule has 1 heterocycles. The SMILES string of the molecule is Cc1cc(NC(=O)CCCN(C)S(=O)(=O)c2ccc(F)cc2)ccc1N1CCCC1. The summed E-state index contributed by atoms with van der Waals surface area (Å²) in [5.74, 6) is -0.645. The highest BCUT2D eigenvalue weighted by Gasteiger charge is 2.20. The third kappa shape index (κ3) is 5.37. The zero-order valence-electron chi connectivity index (χ0n) is 17.4. The second kappa shape index (κ2) is 9.57. The van der Waals surface area contributed by atoms with Crippen molar-refractivity contribution in [3.8, 4) is 0 Å². The first-order valence-electron chi connectivity index (χ1n) is 10.1. The van der Waals surface area contributed by atoms with Gasteiger partial charge in [0.05, 0.1) is 4.90 Å². The van der Waals surface area contributed by atoms with E-state index in [-0.39, 0.29) is 23.8 Å². The van der Waals surface area contributed by atoms with Gasteiger partial charge < -0.3 is 10.2 Å². The van der Waals surface area contributed by atoms with Crippen molar-refractivity contribution in [1.29, 1.82) is 0 Å². The van der Waals surface area contributed by atoms with Crippen LogP contribution in [0.1, 0.15) is 31.2 Å². The summed E-state index contributed by atoms with van der Waals surface area (Å²) < 4.78 is 39.2. The Balaban J connectivity index is 1.49. The molecule has 1 aliphatic rings. The fourth-order valence-electron chi connectivity index (χ4n) is 3.64. The minimum atomic E-state index is -3.70. The van der Waals surface area contributed by atoms with Crippen LogP contribution in [0, 0.1) is 12.7 Å². The standard InChI is InChI=1S/C22H28FN3O3S/c1-17-16-19(9-12-21(17)26-14-3-4-15-26)24-22(27)6-5-13-25(2)30(28,29)20-10-7-18(23)8-11-20/h7-12,16H,3-6,13-15H2,1-2H3,(H,24,27). The summed E-state index contributed by atoms with van der Waals surface area (Å²) in [5, 5.41) is 2.88. The lowest BCUT2D eigenvalue weighted by Crippen LogP contribution is -2.28. The van der Waals surface area contributed by atoms with Gasteiger partial charge in [-0.1, -0.05) is 0 Å². The normalized spacial score (nSPS) is 14.3. The summed E-state index contributed by atoms with van der Waals surface area (Å²) in [6.45, 7) is 4.38. The van der Waals surface area contributed by atoms with Gasteiger partial charge in [0.15, 0.2) is 0 Å². The fourth-order valence-corrected chi connectivity index (χ4v) is 4.85. The van der Waals surface area contributed by atoms with Crippen molar-refractivity contribution in [2.45, 2.75) is 37.5 Å². The highest BCUT2D eigenvalue weighted by molar-refractivity contribution is 7.89. The highest BCUT2D eigenvalue weighted by atomic mass is 32.2. The Morgan fingerprint density at radius 1 is 1.13 bits per heavy atom. The van der Waals surface area contributed by atoms with Gasteiger partial charge in [-0.25, -0.2) is 17.1 Å². The Morgan fingerprint density at radius 3 is 2.43 bits per heavy atom. The van der Waals surface area contributed by atoms with Crippen LogP contribution in [-0.4, -0.2) is 45.3 Å². The predicted molar refractivity (Wildman–Crippen MR) is 117 cm³/mol. The molecule has 0 aromatic heterocycles. The molecule has 1 aliphatic heterocycles. The van der Waals surface area contributed by atoms with Gasteiger partial charge in [0.25, 0.3) is 0 Å². The number of halogens is 1. The molecule has 3 rings (SSSR count). The average molecular weight is 434 g/mol.